The van der Waals surface area contributed by atoms with Crippen molar-refractivity contribution in [3.05, 3.63) is 307 Å². The fourth-order valence-corrected chi connectivity index (χ4v) is 15.8. The van der Waals surface area contributed by atoms with Crippen LogP contribution in [-0.2, 0) is 32.9 Å². The third-order valence-corrected chi connectivity index (χ3v) is 20.0. The molecule has 4 aliphatic rings. The van der Waals surface area contributed by atoms with Gasteiger partial charge in [-0.15, -0.1) is 44.8 Å². The summed E-state index contributed by atoms with van der Waals surface area (Å²) in [5.74, 6) is 1.27. The topological polar surface area (TPSA) is 70.4 Å². The van der Waals surface area contributed by atoms with Gasteiger partial charge >= 0.3 is 0 Å². The van der Waals surface area contributed by atoms with E-state index >= 15 is 0 Å². The Hall–Kier alpha value is -11.5. The van der Waals surface area contributed by atoms with Crippen LogP contribution in [0, 0.1) is 31.7 Å². The zero-order valence-electron chi connectivity index (χ0n) is 51.5. The fourth-order valence-electron chi connectivity index (χ4n) is 15.8. The SMILES string of the molecule is Cc1n[n-]c(-c2ccccn2)n1.[Ir].[c-]1cc2c3c4c(ccc3c1-n1[c-][n+](-c3ccc5ccc6cccc7ccc3c5c67)c3ccccc31)C=CCC4=CC2.[c-]1cc2c3c4c(ccc3c1-n1[c-][n+](-c3ccc5ccc6cccc7ccc3c5c67)c3ccccc31)C=CCC4=CC2. The van der Waals surface area contributed by atoms with E-state index in [9.17, 15) is 0 Å². The Labute approximate surface area is 560 Å². The van der Waals surface area contributed by atoms with Crippen molar-refractivity contribution in [3.63, 3.8) is 0 Å². The molecule has 4 heterocycles. The van der Waals surface area contributed by atoms with E-state index in [1.54, 1.807) is 13.1 Å². The van der Waals surface area contributed by atoms with Crippen LogP contribution >= 0.6 is 0 Å². The molecule has 0 saturated heterocycles. The maximum atomic E-state index is 4.10. The van der Waals surface area contributed by atoms with Crippen LogP contribution in [0.15, 0.2) is 243 Å². The molecule has 0 aliphatic heterocycles. The number of fused-ring (bicyclic) bond motifs is 2. The number of nitrogens with zero attached hydrogens (tertiary/aromatic N) is 8. The van der Waals surface area contributed by atoms with Gasteiger partial charge in [-0.1, -0.05) is 213 Å². The Morgan fingerprint density at radius 3 is 1.36 bits per heavy atom. The molecule has 0 spiro atoms. The number of imidazole rings is 2. The van der Waals surface area contributed by atoms with Crippen LogP contribution in [0.25, 0.3) is 166 Å². The summed E-state index contributed by atoms with van der Waals surface area (Å²) in [6, 6.07) is 84.0. The van der Waals surface area contributed by atoms with Crippen LogP contribution in [0.4, 0.5) is 0 Å². The maximum Gasteiger partial charge on any atom is 0.268 e. The minimum atomic E-state index is 0. The summed E-state index contributed by atoms with van der Waals surface area (Å²) < 4.78 is 8.92. The molecule has 8 nitrogen and oxygen atoms in total. The molecule has 95 heavy (non-hydrogen) atoms. The molecular weight excluding hydrogens is 1340 g/mol. The van der Waals surface area contributed by atoms with Gasteiger partial charge in [-0.2, -0.15) is 24.3 Å². The van der Waals surface area contributed by atoms with Crippen molar-refractivity contribution in [2.24, 2.45) is 0 Å². The van der Waals surface area contributed by atoms with E-state index in [0.29, 0.717) is 11.6 Å². The number of para-hydroxylation sites is 4. The van der Waals surface area contributed by atoms with Crippen molar-refractivity contribution < 1.29 is 29.2 Å². The van der Waals surface area contributed by atoms with Gasteiger partial charge in [0, 0.05) is 32.1 Å². The summed E-state index contributed by atoms with van der Waals surface area (Å²) in [4.78, 5) is 8.19. The minimum absolute atomic E-state index is 0. The molecule has 14 aromatic carbocycles. The molecule has 18 aromatic rings. The van der Waals surface area contributed by atoms with Gasteiger partial charge in [-0.25, -0.2) is 0 Å². The van der Waals surface area contributed by atoms with Gasteiger partial charge in [-0.05, 0) is 159 Å². The second-order valence-corrected chi connectivity index (χ2v) is 25.1. The van der Waals surface area contributed by atoms with Crippen molar-refractivity contribution in [1.29, 1.82) is 0 Å². The Balaban J connectivity index is 0.000000113. The second kappa shape index (κ2) is 21.6. The van der Waals surface area contributed by atoms with Gasteiger partial charge in [0.15, 0.2) is 0 Å². The van der Waals surface area contributed by atoms with Crippen LogP contribution in [0.5, 0.6) is 0 Å². The first-order valence-corrected chi connectivity index (χ1v) is 32.2. The average Bonchev–Trinajstić information content (AvgIpc) is 1.72. The van der Waals surface area contributed by atoms with Gasteiger partial charge in [0.05, 0.1) is 39.1 Å². The first-order chi connectivity index (χ1) is 46.5. The molecule has 0 atom stereocenters. The van der Waals surface area contributed by atoms with Crippen LogP contribution in [0.1, 0.15) is 52.0 Å². The number of allylic oxidation sites excluding steroid dienone is 6. The summed E-state index contributed by atoms with van der Waals surface area (Å²) in [5, 5.41) is 28.3. The van der Waals surface area contributed by atoms with E-state index in [-0.39, 0.29) is 20.1 Å². The van der Waals surface area contributed by atoms with Crippen LogP contribution in [0.2, 0.25) is 0 Å². The van der Waals surface area contributed by atoms with E-state index in [2.05, 4.69) is 294 Å². The van der Waals surface area contributed by atoms with E-state index in [4.69, 9.17) is 0 Å². The van der Waals surface area contributed by atoms with E-state index < -0.39 is 0 Å². The maximum absolute atomic E-state index is 4.10. The number of benzene rings is 14. The predicted octanol–water partition coefficient (Wildman–Crippen LogP) is 18.6. The Morgan fingerprint density at radius 1 is 0.432 bits per heavy atom. The minimum Gasteiger partial charge on any atom is -0.421 e. The van der Waals surface area contributed by atoms with Crippen molar-refractivity contribution in [2.75, 3.05) is 0 Å². The van der Waals surface area contributed by atoms with Gasteiger partial charge < -0.3 is 19.2 Å². The third-order valence-electron chi connectivity index (χ3n) is 20.0. The molecule has 4 aromatic heterocycles. The first kappa shape index (κ1) is 55.2. The number of aromatic nitrogens is 8. The van der Waals surface area contributed by atoms with Crippen LogP contribution in [-0.4, -0.2) is 24.2 Å². The molecule has 0 unspecified atom stereocenters. The summed E-state index contributed by atoms with van der Waals surface area (Å²) in [6.45, 7) is 1.80. The normalized spacial score (nSPS) is 13.5. The second-order valence-electron chi connectivity index (χ2n) is 25.1. The Bertz CT molecular complexity index is 5990. The molecular formula is C86H53IrN8-3. The predicted molar refractivity (Wildman–Crippen MR) is 381 cm³/mol. The number of aryl methyl sites for hydroxylation is 1. The van der Waals surface area contributed by atoms with Crippen LogP contribution < -0.4 is 14.2 Å². The number of rotatable bonds is 5. The molecule has 4 aliphatic carbocycles. The molecule has 0 fully saturated rings. The van der Waals surface area contributed by atoms with Crippen molar-refractivity contribution in [2.45, 2.75) is 32.6 Å². The molecule has 0 N–H and O–H groups in total. The van der Waals surface area contributed by atoms with Gasteiger partial charge in [0.1, 0.15) is 0 Å². The summed E-state index contributed by atoms with van der Waals surface area (Å²) in [6.07, 6.45) is 27.2. The molecule has 1 radical (unpaired) electrons. The fraction of sp³-hybridized carbons (Fsp3) is 0.0581. The Kier molecular flexibility index (Phi) is 12.5. The quantitative estimate of drug-likeness (QED) is 0.0978. The largest absolute Gasteiger partial charge is 0.421 e. The Morgan fingerprint density at radius 2 is 0.884 bits per heavy atom. The van der Waals surface area contributed by atoms with E-state index in [1.165, 1.54) is 131 Å². The third kappa shape index (κ3) is 8.46. The molecule has 0 bridgehead atoms. The van der Waals surface area contributed by atoms with E-state index in [1.807, 2.05) is 18.2 Å². The summed E-state index contributed by atoms with van der Waals surface area (Å²) >= 11 is 0. The number of hydrogen-bond donors (Lipinski definition) is 0. The molecule has 449 valence electrons. The van der Waals surface area contributed by atoms with E-state index in [0.717, 1.165) is 76.2 Å². The average molecular weight is 1390 g/mol. The molecule has 0 saturated carbocycles. The van der Waals surface area contributed by atoms with Gasteiger partial charge in [0.2, 0.25) is 0 Å². The van der Waals surface area contributed by atoms with Gasteiger partial charge in [0.25, 0.3) is 12.7 Å². The van der Waals surface area contributed by atoms with Crippen molar-refractivity contribution >= 4 is 132 Å². The standard InChI is InChI=1S/2C39H23N2.C8H7N4.Ir/c2*1-2-10-35-34(9-1)40(32-21-17-28-13-11-24-5-3-7-26-15-19-30(32)38(28)36(24)26)23-41(35)33-22-18-29-14-12-25-6-4-8-27-16-20-31(33)39(29)37(25)27;1-6-10-8(12-11-6)7-4-2-3-5-9-7;/h2*1-5,7-13,15-21H,6,14H2;2-5H,1H3;/q3*-1;. The van der Waals surface area contributed by atoms with Crippen LogP contribution in [0.3, 0.4) is 0 Å². The van der Waals surface area contributed by atoms with Crippen molar-refractivity contribution in [1.82, 2.24) is 29.3 Å². The summed E-state index contributed by atoms with van der Waals surface area (Å²) in [7, 11) is 0. The first-order valence-electron chi connectivity index (χ1n) is 32.2. The molecule has 22 rings (SSSR count). The monoisotopic (exact) mass is 1390 g/mol. The summed E-state index contributed by atoms with van der Waals surface area (Å²) in [5.41, 5.74) is 20.7. The zero-order valence-corrected chi connectivity index (χ0v) is 53.9. The molecule has 0 amide bonds. The smallest absolute Gasteiger partial charge is 0.268 e. The molecule has 9 heteroatoms. The van der Waals surface area contributed by atoms with Gasteiger partial charge in [-0.3, -0.25) is 19.2 Å². The van der Waals surface area contributed by atoms with Crippen molar-refractivity contribution in [3.8, 4) is 34.3 Å². The number of pyridine rings is 1. The zero-order chi connectivity index (χ0) is 61.7. The number of hydrogen-bond acceptors (Lipinski definition) is 3.